The molecule has 0 heterocycles. The summed E-state index contributed by atoms with van der Waals surface area (Å²) in [6, 6.07) is 4.30. The highest BCUT2D eigenvalue weighted by atomic mass is 19.1. The summed E-state index contributed by atoms with van der Waals surface area (Å²) in [5.74, 6) is -0.731. The number of carbonyl (C=O) groups is 1. The summed E-state index contributed by atoms with van der Waals surface area (Å²) in [5, 5.41) is 2.80. The van der Waals surface area contributed by atoms with Crippen molar-refractivity contribution in [3.8, 4) is 0 Å². The van der Waals surface area contributed by atoms with Crippen molar-refractivity contribution in [3.05, 3.63) is 29.6 Å². The average molecular weight is 182 g/mol. The number of hydrogen-bond donors (Lipinski definition) is 2. The Kier molecular flexibility index (Phi) is 2.84. The third-order valence-corrected chi connectivity index (χ3v) is 1.64. The molecule has 0 saturated carbocycles. The Balaban J connectivity index is 2.72. The standard InChI is InChI=1S/C9H11FN2O/c1-6-4-7(10)2-3-8(6)12-5-9(11)13/h2-4,12H,5H2,1H3,(H2,11,13). The van der Waals surface area contributed by atoms with Crippen molar-refractivity contribution in [2.45, 2.75) is 6.92 Å². The second kappa shape index (κ2) is 3.89. The molecule has 1 aromatic rings. The molecular weight excluding hydrogens is 171 g/mol. The number of rotatable bonds is 3. The largest absolute Gasteiger partial charge is 0.376 e. The first-order valence-corrected chi connectivity index (χ1v) is 3.88. The number of nitrogens with one attached hydrogen (secondary N) is 1. The number of carbonyl (C=O) groups excluding carboxylic acids is 1. The van der Waals surface area contributed by atoms with Crippen LogP contribution < -0.4 is 11.1 Å². The molecule has 0 bridgehead atoms. The second-order valence-corrected chi connectivity index (χ2v) is 2.78. The van der Waals surface area contributed by atoms with E-state index in [9.17, 15) is 9.18 Å². The van der Waals surface area contributed by atoms with E-state index in [0.29, 0.717) is 0 Å². The van der Waals surface area contributed by atoms with Crippen LogP contribution in [-0.4, -0.2) is 12.5 Å². The van der Waals surface area contributed by atoms with E-state index in [4.69, 9.17) is 5.73 Å². The maximum atomic E-state index is 12.6. The summed E-state index contributed by atoms with van der Waals surface area (Å²) in [4.78, 5) is 10.4. The predicted octanol–water partition coefficient (Wildman–Crippen LogP) is 1.03. The van der Waals surface area contributed by atoms with Crippen LogP contribution in [0.2, 0.25) is 0 Å². The fourth-order valence-electron chi connectivity index (χ4n) is 1.01. The second-order valence-electron chi connectivity index (χ2n) is 2.78. The first-order valence-electron chi connectivity index (χ1n) is 3.88. The first kappa shape index (κ1) is 9.51. The van der Waals surface area contributed by atoms with E-state index in [2.05, 4.69) is 5.32 Å². The molecule has 0 aliphatic heterocycles. The van der Waals surface area contributed by atoms with E-state index >= 15 is 0 Å². The van der Waals surface area contributed by atoms with Crippen molar-refractivity contribution < 1.29 is 9.18 Å². The van der Waals surface area contributed by atoms with Crippen LogP contribution in [0.5, 0.6) is 0 Å². The summed E-state index contributed by atoms with van der Waals surface area (Å²) in [6.07, 6.45) is 0. The van der Waals surface area contributed by atoms with Crippen molar-refractivity contribution in [3.63, 3.8) is 0 Å². The van der Waals surface area contributed by atoms with Gasteiger partial charge in [-0.25, -0.2) is 4.39 Å². The molecule has 0 radical (unpaired) electrons. The van der Waals surface area contributed by atoms with Crippen molar-refractivity contribution >= 4 is 11.6 Å². The molecule has 1 aromatic carbocycles. The zero-order valence-corrected chi connectivity index (χ0v) is 7.30. The van der Waals surface area contributed by atoms with E-state index in [1.54, 1.807) is 13.0 Å². The number of aryl methyl sites for hydroxylation is 1. The zero-order valence-electron chi connectivity index (χ0n) is 7.30. The van der Waals surface area contributed by atoms with Crippen LogP contribution in [0.3, 0.4) is 0 Å². The Hall–Kier alpha value is -1.58. The molecular formula is C9H11FN2O. The van der Waals surface area contributed by atoms with Crippen molar-refractivity contribution in [2.24, 2.45) is 5.73 Å². The van der Waals surface area contributed by atoms with Gasteiger partial charge in [0.1, 0.15) is 5.82 Å². The molecule has 4 heteroatoms. The number of halogens is 1. The van der Waals surface area contributed by atoms with Gasteiger partial charge in [-0.3, -0.25) is 4.79 Å². The molecule has 3 nitrogen and oxygen atoms in total. The predicted molar refractivity (Wildman–Crippen MR) is 48.8 cm³/mol. The molecule has 0 aliphatic carbocycles. The molecule has 3 N–H and O–H groups in total. The number of amides is 1. The van der Waals surface area contributed by atoms with Gasteiger partial charge < -0.3 is 11.1 Å². The van der Waals surface area contributed by atoms with Gasteiger partial charge in [-0.15, -0.1) is 0 Å². The lowest BCUT2D eigenvalue weighted by Crippen LogP contribution is -2.22. The molecule has 0 unspecified atom stereocenters. The van der Waals surface area contributed by atoms with Gasteiger partial charge in [0.15, 0.2) is 0 Å². The lowest BCUT2D eigenvalue weighted by Gasteiger charge is -2.06. The minimum atomic E-state index is -0.441. The summed E-state index contributed by atoms with van der Waals surface area (Å²) in [7, 11) is 0. The van der Waals surface area contributed by atoms with Gasteiger partial charge in [-0.1, -0.05) is 0 Å². The van der Waals surface area contributed by atoms with E-state index < -0.39 is 5.91 Å². The fourth-order valence-corrected chi connectivity index (χ4v) is 1.01. The minimum absolute atomic E-state index is 0.0620. The Morgan fingerprint density at radius 1 is 1.62 bits per heavy atom. The van der Waals surface area contributed by atoms with Crippen molar-refractivity contribution in [1.82, 2.24) is 0 Å². The molecule has 0 spiro atoms. The highest BCUT2D eigenvalue weighted by Crippen LogP contribution is 2.14. The highest BCUT2D eigenvalue weighted by molar-refractivity contribution is 5.79. The van der Waals surface area contributed by atoms with Crippen LogP contribution in [0.1, 0.15) is 5.56 Å². The fraction of sp³-hybridized carbons (Fsp3) is 0.222. The number of primary amides is 1. The molecule has 0 aliphatic rings. The van der Waals surface area contributed by atoms with Gasteiger partial charge in [0.2, 0.25) is 5.91 Å². The lowest BCUT2D eigenvalue weighted by atomic mass is 10.2. The Bertz CT molecular complexity index is 325. The highest BCUT2D eigenvalue weighted by Gasteiger charge is 2.00. The van der Waals surface area contributed by atoms with Crippen molar-refractivity contribution in [2.75, 3.05) is 11.9 Å². The van der Waals surface area contributed by atoms with Crippen LogP contribution in [0, 0.1) is 12.7 Å². The van der Waals surface area contributed by atoms with Crippen LogP contribution in [0.25, 0.3) is 0 Å². The van der Waals surface area contributed by atoms with Crippen molar-refractivity contribution in [1.29, 1.82) is 0 Å². The third kappa shape index (κ3) is 2.74. The smallest absolute Gasteiger partial charge is 0.236 e. The number of benzene rings is 1. The van der Waals surface area contributed by atoms with Crippen LogP contribution in [0.15, 0.2) is 18.2 Å². The number of anilines is 1. The Morgan fingerprint density at radius 2 is 2.31 bits per heavy atom. The zero-order chi connectivity index (χ0) is 9.84. The average Bonchev–Trinajstić information content (AvgIpc) is 2.02. The molecule has 1 amide bonds. The van der Waals surface area contributed by atoms with E-state index in [0.717, 1.165) is 11.3 Å². The Morgan fingerprint density at radius 3 is 2.85 bits per heavy atom. The summed E-state index contributed by atoms with van der Waals surface area (Å²) < 4.78 is 12.6. The topological polar surface area (TPSA) is 55.1 Å². The van der Waals surface area contributed by atoms with Gasteiger partial charge in [0.05, 0.1) is 6.54 Å². The normalized spacial score (nSPS) is 9.69. The maximum absolute atomic E-state index is 12.6. The third-order valence-electron chi connectivity index (χ3n) is 1.64. The summed E-state index contributed by atoms with van der Waals surface area (Å²) in [5.41, 5.74) is 6.42. The van der Waals surface area contributed by atoms with E-state index in [1.807, 2.05) is 0 Å². The first-order chi connectivity index (χ1) is 6.09. The number of nitrogens with two attached hydrogens (primary N) is 1. The SMILES string of the molecule is Cc1cc(F)ccc1NCC(N)=O. The van der Waals surface area contributed by atoms with Gasteiger partial charge >= 0.3 is 0 Å². The minimum Gasteiger partial charge on any atom is -0.376 e. The summed E-state index contributed by atoms with van der Waals surface area (Å²) >= 11 is 0. The van der Waals surface area contributed by atoms with Gasteiger partial charge in [-0.2, -0.15) is 0 Å². The van der Waals surface area contributed by atoms with E-state index in [-0.39, 0.29) is 12.4 Å². The quantitative estimate of drug-likeness (QED) is 0.733. The van der Waals surface area contributed by atoms with Crippen LogP contribution >= 0.6 is 0 Å². The lowest BCUT2D eigenvalue weighted by molar-refractivity contribution is -0.116. The van der Waals surface area contributed by atoms with Gasteiger partial charge in [0, 0.05) is 5.69 Å². The van der Waals surface area contributed by atoms with Gasteiger partial charge in [0.25, 0.3) is 0 Å². The van der Waals surface area contributed by atoms with Crippen LogP contribution in [-0.2, 0) is 4.79 Å². The van der Waals surface area contributed by atoms with Gasteiger partial charge in [-0.05, 0) is 30.7 Å². The summed E-state index contributed by atoms with van der Waals surface area (Å²) in [6.45, 7) is 1.82. The molecule has 70 valence electrons. The molecule has 13 heavy (non-hydrogen) atoms. The van der Waals surface area contributed by atoms with E-state index in [1.165, 1.54) is 12.1 Å². The molecule has 1 rings (SSSR count). The Labute approximate surface area is 75.7 Å². The van der Waals surface area contributed by atoms with Crippen LogP contribution in [0.4, 0.5) is 10.1 Å². The maximum Gasteiger partial charge on any atom is 0.236 e. The monoisotopic (exact) mass is 182 g/mol. The number of hydrogen-bond acceptors (Lipinski definition) is 2. The molecule has 0 fully saturated rings. The molecule has 0 saturated heterocycles. The molecule has 0 atom stereocenters. The molecule has 0 aromatic heterocycles.